The number of carbonyl (C=O) groups excluding carboxylic acids is 1. The summed E-state index contributed by atoms with van der Waals surface area (Å²) in [6.45, 7) is 7.15. The average molecular weight is 319 g/mol. The van der Waals surface area contributed by atoms with Gasteiger partial charge in [0.05, 0.1) is 25.5 Å². The summed E-state index contributed by atoms with van der Waals surface area (Å²) in [7, 11) is 1.73. The van der Waals surface area contributed by atoms with Crippen LogP contribution >= 0.6 is 0 Å². The molecule has 0 aliphatic heterocycles. The zero-order valence-corrected chi connectivity index (χ0v) is 13.8. The van der Waals surface area contributed by atoms with Gasteiger partial charge in [-0.05, 0) is 32.9 Å². The molecule has 0 spiro atoms. The van der Waals surface area contributed by atoms with Gasteiger partial charge in [0, 0.05) is 12.6 Å². The molecule has 0 radical (unpaired) electrons. The van der Waals surface area contributed by atoms with E-state index in [0.717, 1.165) is 5.56 Å². The zero-order chi connectivity index (χ0) is 16.8. The Morgan fingerprint density at radius 3 is 2.09 bits per heavy atom. The number of aldehydes is 1. The fourth-order valence-electron chi connectivity index (χ4n) is 2.31. The minimum absolute atomic E-state index is 0.265. The molecule has 0 atom stereocenters. The Balaban J connectivity index is 2.64. The molecule has 2 rings (SSSR count). The van der Waals surface area contributed by atoms with Crippen LogP contribution in [0.2, 0.25) is 0 Å². The first kappa shape index (κ1) is 16.8. The summed E-state index contributed by atoms with van der Waals surface area (Å²) in [5.74, 6) is 1.68. The zero-order valence-electron chi connectivity index (χ0n) is 13.8. The van der Waals surface area contributed by atoms with E-state index in [-0.39, 0.29) is 5.69 Å². The van der Waals surface area contributed by atoms with Crippen LogP contribution in [-0.4, -0.2) is 41.1 Å². The van der Waals surface area contributed by atoms with Crippen LogP contribution in [0.5, 0.6) is 17.2 Å². The van der Waals surface area contributed by atoms with Crippen LogP contribution < -0.4 is 14.2 Å². The molecule has 0 bridgehead atoms. The molecule has 1 aromatic carbocycles. The Morgan fingerprint density at radius 1 is 1.04 bits per heavy atom. The minimum atomic E-state index is 0.265. The Hall–Kier alpha value is -2.57. The van der Waals surface area contributed by atoms with Crippen LogP contribution in [0.15, 0.2) is 12.1 Å². The van der Waals surface area contributed by atoms with E-state index < -0.39 is 0 Å². The number of hydrogen-bond acceptors (Lipinski definition) is 6. The number of aromatic nitrogens is 3. The molecule has 124 valence electrons. The quantitative estimate of drug-likeness (QED) is 0.696. The highest BCUT2D eigenvalue weighted by Crippen LogP contribution is 2.42. The van der Waals surface area contributed by atoms with Crippen LogP contribution in [-0.2, 0) is 7.05 Å². The number of ether oxygens (including phenoxy) is 3. The highest BCUT2D eigenvalue weighted by Gasteiger charge is 2.20. The second-order valence-electron chi connectivity index (χ2n) is 4.67. The van der Waals surface area contributed by atoms with E-state index in [1.165, 1.54) is 0 Å². The van der Waals surface area contributed by atoms with Crippen molar-refractivity contribution in [2.45, 2.75) is 20.8 Å². The Bertz CT molecular complexity index is 655. The normalized spacial score (nSPS) is 10.4. The molecule has 2 aromatic rings. The molecule has 1 heterocycles. The number of aryl methyl sites for hydroxylation is 1. The molecule has 0 aliphatic carbocycles. The van der Waals surface area contributed by atoms with Gasteiger partial charge in [-0.2, -0.15) is 0 Å². The Kier molecular flexibility index (Phi) is 5.56. The molecule has 0 N–H and O–H groups in total. The lowest BCUT2D eigenvalue weighted by atomic mass is 10.1. The smallest absolute Gasteiger partial charge is 0.203 e. The monoisotopic (exact) mass is 319 g/mol. The second-order valence-corrected chi connectivity index (χ2v) is 4.67. The fraction of sp³-hybridized carbons (Fsp3) is 0.438. The summed E-state index contributed by atoms with van der Waals surface area (Å²) in [6, 6.07) is 3.62. The second kappa shape index (κ2) is 7.62. The highest BCUT2D eigenvalue weighted by molar-refractivity contribution is 5.84. The lowest BCUT2D eigenvalue weighted by Crippen LogP contribution is -2.04. The van der Waals surface area contributed by atoms with Gasteiger partial charge in [-0.3, -0.25) is 4.79 Å². The van der Waals surface area contributed by atoms with Crippen LogP contribution in [0.3, 0.4) is 0 Å². The third-order valence-corrected chi connectivity index (χ3v) is 3.15. The first-order valence-electron chi connectivity index (χ1n) is 7.57. The van der Waals surface area contributed by atoms with Gasteiger partial charge in [-0.25, -0.2) is 4.68 Å². The predicted molar refractivity (Wildman–Crippen MR) is 85.3 cm³/mol. The number of rotatable bonds is 8. The van der Waals surface area contributed by atoms with Crippen LogP contribution in [0.1, 0.15) is 31.3 Å². The Morgan fingerprint density at radius 2 is 1.61 bits per heavy atom. The molecule has 23 heavy (non-hydrogen) atoms. The standard InChI is InChI=1S/C16H21N3O4/c1-5-21-13-8-11(15-12(10-20)17-18-19(15)4)9-14(22-6-2)16(13)23-7-3/h8-10H,5-7H2,1-4H3. The summed E-state index contributed by atoms with van der Waals surface area (Å²) < 4.78 is 18.6. The number of nitrogens with zero attached hydrogens (tertiary/aromatic N) is 3. The van der Waals surface area contributed by atoms with Crippen LogP contribution in [0.25, 0.3) is 11.3 Å². The first-order chi connectivity index (χ1) is 11.2. The number of carbonyl (C=O) groups is 1. The maximum atomic E-state index is 11.2. The molecule has 0 saturated heterocycles. The maximum Gasteiger partial charge on any atom is 0.203 e. The molecule has 0 saturated carbocycles. The summed E-state index contributed by atoms with van der Waals surface area (Å²) in [5, 5.41) is 7.75. The van der Waals surface area contributed by atoms with E-state index in [4.69, 9.17) is 14.2 Å². The lowest BCUT2D eigenvalue weighted by Gasteiger charge is -2.17. The van der Waals surface area contributed by atoms with Gasteiger partial charge < -0.3 is 14.2 Å². The van der Waals surface area contributed by atoms with E-state index in [1.54, 1.807) is 11.7 Å². The van der Waals surface area contributed by atoms with E-state index in [1.807, 2.05) is 32.9 Å². The summed E-state index contributed by atoms with van der Waals surface area (Å²) in [5.41, 5.74) is 1.60. The van der Waals surface area contributed by atoms with Gasteiger partial charge in [0.25, 0.3) is 0 Å². The molecule has 0 aliphatic rings. The van der Waals surface area contributed by atoms with Crippen molar-refractivity contribution in [2.24, 2.45) is 7.05 Å². The molecular formula is C16H21N3O4. The molecule has 0 fully saturated rings. The predicted octanol–water partition coefficient (Wildman–Crippen LogP) is 2.49. The molecule has 7 heteroatoms. The van der Waals surface area contributed by atoms with Crippen LogP contribution in [0, 0.1) is 0 Å². The largest absolute Gasteiger partial charge is 0.490 e. The van der Waals surface area contributed by atoms with Gasteiger partial charge in [-0.15, -0.1) is 5.10 Å². The maximum absolute atomic E-state index is 11.2. The summed E-state index contributed by atoms with van der Waals surface area (Å²) in [4.78, 5) is 11.2. The van der Waals surface area contributed by atoms with Gasteiger partial charge in [0.15, 0.2) is 23.5 Å². The van der Waals surface area contributed by atoms with Gasteiger partial charge in [0.2, 0.25) is 5.75 Å². The highest BCUT2D eigenvalue weighted by atomic mass is 16.5. The van der Waals surface area contributed by atoms with Crippen LogP contribution in [0.4, 0.5) is 0 Å². The van der Waals surface area contributed by atoms with Crippen molar-refractivity contribution < 1.29 is 19.0 Å². The van der Waals surface area contributed by atoms with Crippen molar-refractivity contribution >= 4 is 6.29 Å². The van der Waals surface area contributed by atoms with Gasteiger partial charge in [0.1, 0.15) is 0 Å². The molecule has 0 unspecified atom stereocenters. The topological polar surface area (TPSA) is 75.5 Å². The lowest BCUT2D eigenvalue weighted by molar-refractivity contribution is 0.111. The van der Waals surface area contributed by atoms with E-state index in [9.17, 15) is 4.79 Å². The third-order valence-electron chi connectivity index (χ3n) is 3.15. The third kappa shape index (κ3) is 3.44. The van der Waals surface area contributed by atoms with Crippen molar-refractivity contribution in [1.82, 2.24) is 15.0 Å². The Labute approximate surface area is 135 Å². The first-order valence-corrected chi connectivity index (χ1v) is 7.57. The van der Waals surface area contributed by atoms with Gasteiger partial charge >= 0.3 is 0 Å². The van der Waals surface area contributed by atoms with Crippen molar-refractivity contribution in [1.29, 1.82) is 0 Å². The fourth-order valence-corrected chi connectivity index (χ4v) is 2.31. The molecule has 7 nitrogen and oxygen atoms in total. The van der Waals surface area contributed by atoms with Crippen molar-refractivity contribution in [3.8, 4) is 28.5 Å². The summed E-state index contributed by atoms with van der Waals surface area (Å²) in [6.07, 6.45) is 0.680. The van der Waals surface area contributed by atoms with E-state index in [2.05, 4.69) is 10.3 Å². The van der Waals surface area contributed by atoms with Crippen molar-refractivity contribution in [2.75, 3.05) is 19.8 Å². The number of benzene rings is 1. The minimum Gasteiger partial charge on any atom is -0.490 e. The van der Waals surface area contributed by atoms with E-state index in [0.29, 0.717) is 49.0 Å². The molecule has 0 amide bonds. The summed E-state index contributed by atoms with van der Waals surface area (Å²) >= 11 is 0. The average Bonchev–Trinajstić information content (AvgIpc) is 2.91. The molecule has 1 aromatic heterocycles. The number of hydrogen-bond donors (Lipinski definition) is 0. The van der Waals surface area contributed by atoms with Gasteiger partial charge in [-0.1, -0.05) is 5.21 Å². The SMILES string of the molecule is CCOc1cc(-c2c(C=O)nnn2C)cc(OCC)c1OCC. The van der Waals surface area contributed by atoms with E-state index >= 15 is 0 Å². The van der Waals surface area contributed by atoms with Crippen molar-refractivity contribution in [3.05, 3.63) is 17.8 Å². The molecular weight excluding hydrogens is 298 g/mol. The van der Waals surface area contributed by atoms with Crippen molar-refractivity contribution in [3.63, 3.8) is 0 Å².